The molecule has 9 heavy (non-hydrogen) atoms. The summed E-state index contributed by atoms with van der Waals surface area (Å²) in [4.78, 5) is 0.939. The van der Waals surface area contributed by atoms with Crippen LogP contribution in [0.1, 0.15) is 0 Å². The van der Waals surface area contributed by atoms with Crippen LogP contribution >= 0.6 is 24.2 Å². The normalized spacial score (nSPS) is 8.22. The van der Waals surface area contributed by atoms with Crippen molar-refractivity contribution in [2.45, 2.75) is 4.90 Å². The second-order valence-corrected chi connectivity index (χ2v) is 2.43. The molecule has 0 aliphatic rings. The van der Waals surface area contributed by atoms with Gasteiger partial charge in [-0.1, -0.05) is 11.6 Å². The zero-order valence-corrected chi connectivity index (χ0v) is 8.78. The van der Waals surface area contributed by atoms with Crippen molar-refractivity contribution in [3.05, 3.63) is 29.3 Å². The Hall–Kier alpha value is 0.860. The number of hydrogen-bond donors (Lipinski definition) is 1. The zero-order chi connectivity index (χ0) is 5.98. The van der Waals surface area contributed by atoms with E-state index >= 15 is 0 Å². The molecule has 0 atom stereocenters. The van der Waals surface area contributed by atoms with Crippen molar-refractivity contribution >= 4 is 53.8 Å². The topological polar surface area (TPSA) is 0 Å². The van der Waals surface area contributed by atoms with Crippen molar-refractivity contribution in [1.29, 1.82) is 0 Å². The molecule has 0 nitrogen and oxygen atoms in total. The molecule has 3 heteroatoms. The molecule has 0 saturated carbocycles. The van der Waals surface area contributed by atoms with Crippen LogP contribution in [0, 0.1) is 0 Å². The molecule has 0 aromatic heterocycles. The number of halogens is 1. The summed E-state index contributed by atoms with van der Waals surface area (Å²) in [6, 6.07) is 7.32. The fourth-order valence-electron chi connectivity index (χ4n) is 0.441. The third kappa shape index (κ3) is 3.54. The third-order valence-corrected chi connectivity index (χ3v) is 1.38. The number of hydrogen-bond acceptors (Lipinski definition) is 1. The predicted octanol–water partition coefficient (Wildman–Crippen LogP) is 2.25. The maximum Gasteiger partial charge on any atom is 0.0406 e. The first kappa shape index (κ1) is 9.86. The molecule has 1 aromatic carbocycles. The van der Waals surface area contributed by atoms with E-state index in [2.05, 4.69) is 12.6 Å². The van der Waals surface area contributed by atoms with Crippen molar-refractivity contribution in [3.63, 3.8) is 0 Å². The van der Waals surface area contributed by atoms with Crippen LogP contribution in [0.15, 0.2) is 29.2 Å². The third-order valence-electron chi connectivity index (χ3n) is 0.827. The Bertz CT molecular complexity index is 152. The van der Waals surface area contributed by atoms with E-state index in [9.17, 15) is 0 Å². The average molecular weight is 168 g/mol. The fraction of sp³-hybridized carbons (Fsp3) is 0. The van der Waals surface area contributed by atoms with Gasteiger partial charge in [0.1, 0.15) is 0 Å². The van der Waals surface area contributed by atoms with Crippen molar-refractivity contribution in [2.75, 3.05) is 0 Å². The Morgan fingerprint density at radius 1 is 1.11 bits per heavy atom. The van der Waals surface area contributed by atoms with Crippen LogP contribution in [-0.4, -0.2) is 29.6 Å². The van der Waals surface area contributed by atoms with Crippen molar-refractivity contribution in [1.82, 2.24) is 0 Å². The second-order valence-electron chi connectivity index (χ2n) is 1.48. The summed E-state index contributed by atoms with van der Waals surface area (Å²) in [7, 11) is 0. The van der Waals surface area contributed by atoms with Gasteiger partial charge in [0.05, 0.1) is 0 Å². The van der Waals surface area contributed by atoms with Crippen molar-refractivity contribution < 1.29 is 0 Å². The first-order valence-corrected chi connectivity index (χ1v) is 3.06. The van der Waals surface area contributed by atoms with E-state index in [4.69, 9.17) is 11.6 Å². The quantitative estimate of drug-likeness (QED) is 0.445. The molecule has 0 N–H and O–H groups in total. The predicted molar refractivity (Wildman–Crippen MR) is 44.5 cm³/mol. The second kappa shape index (κ2) is 4.64. The average Bonchev–Trinajstić information content (AvgIpc) is 1.77. The van der Waals surface area contributed by atoms with Crippen molar-refractivity contribution in [3.8, 4) is 0 Å². The van der Waals surface area contributed by atoms with Crippen LogP contribution < -0.4 is 0 Å². The molecule has 0 saturated heterocycles. The molecule has 0 aliphatic carbocycles. The minimum Gasteiger partial charge on any atom is -0.143 e. The van der Waals surface area contributed by atoms with Crippen LogP contribution in [0.5, 0.6) is 0 Å². The molecule has 43 valence electrons. The van der Waals surface area contributed by atoms with E-state index < -0.39 is 0 Å². The molecule has 1 rings (SSSR count). The molecule has 0 amide bonds. The molecule has 0 heterocycles. The number of benzene rings is 1. The largest absolute Gasteiger partial charge is 0.143 e. The Kier molecular flexibility index (Phi) is 5.08. The minimum absolute atomic E-state index is 0. The fourth-order valence-corrected chi connectivity index (χ4v) is 0.716. The van der Waals surface area contributed by atoms with Gasteiger partial charge in [-0.25, -0.2) is 0 Å². The maximum absolute atomic E-state index is 5.58. The van der Waals surface area contributed by atoms with Gasteiger partial charge in [0.25, 0.3) is 0 Å². The van der Waals surface area contributed by atoms with E-state index in [-0.39, 0.29) is 29.6 Å². The monoisotopic (exact) mass is 167 g/mol. The maximum atomic E-state index is 5.58. The summed E-state index contributed by atoms with van der Waals surface area (Å²) in [5.74, 6) is 0. The Labute approximate surface area is 87.3 Å². The summed E-state index contributed by atoms with van der Waals surface area (Å²) >= 11 is 9.65. The Morgan fingerprint density at radius 2 is 1.56 bits per heavy atom. The van der Waals surface area contributed by atoms with Crippen LogP contribution in [0.4, 0.5) is 0 Å². The van der Waals surface area contributed by atoms with Gasteiger partial charge < -0.3 is 0 Å². The van der Waals surface area contributed by atoms with E-state index in [1.165, 1.54) is 0 Å². The van der Waals surface area contributed by atoms with Crippen LogP contribution in [0.3, 0.4) is 0 Å². The molecule has 1 radical (unpaired) electrons. The summed E-state index contributed by atoms with van der Waals surface area (Å²) in [6.07, 6.45) is 0. The first-order valence-electron chi connectivity index (χ1n) is 2.23. The molecule has 1 aromatic rings. The first-order chi connectivity index (χ1) is 3.79. The van der Waals surface area contributed by atoms with Crippen molar-refractivity contribution in [2.24, 2.45) is 0 Å². The summed E-state index contributed by atoms with van der Waals surface area (Å²) in [5, 5.41) is 0.753. The molecular weight excluding hydrogens is 163 g/mol. The minimum atomic E-state index is 0. The summed E-state index contributed by atoms with van der Waals surface area (Å²) in [5.41, 5.74) is 0. The molecular formula is C6H5ClNaS. The molecule has 0 aliphatic heterocycles. The Balaban J connectivity index is 0.000000640. The van der Waals surface area contributed by atoms with E-state index in [1.807, 2.05) is 24.3 Å². The van der Waals surface area contributed by atoms with E-state index in [0.717, 1.165) is 9.92 Å². The van der Waals surface area contributed by atoms with Gasteiger partial charge in [-0.15, -0.1) is 12.6 Å². The number of rotatable bonds is 0. The van der Waals surface area contributed by atoms with Gasteiger partial charge >= 0.3 is 0 Å². The SMILES string of the molecule is Sc1ccc(Cl)cc1.[Na]. The zero-order valence-electron chi connectivity index (χ0n) is 5.13. The molecule has 0 unspecified atom stereocenters. The van der Waals surface area contributed by atoms with Gasteiger partial charge in [-0.3, -0.25) is 0 Å². The Morgan fingerprint density at radius 3 is 1.89 bits per heavy atom. The summed E-state index contributed by atoms with van der Waals surface area (Å²) in [6.45, 7) is 0. The van der Waals surface area contributed by atoms with Gasteiger partial charge in [0.2, 0.25) is 0 Å². The van der Waals surface area contributed by atoms with Crippen LogP contribution in [0.2, 0.25) is 5.02 Å². The molecule has 0 fully saturated rings. The van der Waals surface area contributed by atoms with Crippen LogP contribution in [0.25, 0.3) is 0 Å². The van der Waals surface area contributed by atoms with E-state index in [1.54, 1.807) is 0 Å². The van der Waals surface area contributed by atoms with Crippen LogP contribution in [-0.2, 0) is 0 Å². The standard InChI is InChI=1S/C6H5ClS.Na/c7-5-1-3-6(8)4-2-5;/h1-4,8H;. The summed E-state index contributed by atoms with van der Waals surface area (Å²) < 4.78 is 0. The van der Waals surface area contributed by atoms with Gasteiger partial charge in [-0.05, 0) is 24.3 Å². The molecule has 0 bridgehead atoms. The van der Waals surface area contributed by atoms with Gasteiger partial charge in [0.15, 0.2) is 0 Å². The van der Waals surface area contributed by atoms with E-state index in [0.29, 0.717) is 0 Å². The van der Waals surface area contributed by atoms with Gasteiger partial charge in [-0.2, -0.15) is 0 Å². The molecule has 0 spiro atoms. The van der Waals surface area contributed by atoms with Gasteiger partial charge in [0, 0.05) is 39.5 Å². The smallest absolute Gasteiger partial charge is 0.0406 e. The number of thiol groups is 1.